The summed E-state index contributed by atoms with van der Waals surface area (Å²) in [6.07, 6.45) is 0. The van der Waals surface area contributed by atoms with Gasteiger partial charge in [0.15, 0.2) is 4.20 Å². The summed E-state index contributed by atoms with van der Waals surface area (Å²) in [5.41, 5.74) is 1.88. The van der Waals surface area contributed by atoms with Crippen molar-refractivity contribution in [2.45, 2.75) is 18.7 Å². The predicted octanol–water partition coefficient (Wildman–Crippen LogP) is 2.48. The van der Waals surface area contributed by atoms with Crippen molar-refractivity contribution in [1.29, 1.82) is 0 Å². The van der Waals surface area contributed by atoms with E-state index in [4.69, 9.17) is 4.74 Å². The molecular formula is C16H16O4S2. The molecule has 0 spiro atoms. The van der Waals surface area contributed by atoms with Crippen LogP contribution in [0.25, 0.3) is 0 Å². The van der Waals surface area contributed by atoms with E-state index in [0.717, 1.165) is 5.56 Å². The van der Waals surface area contributed by atoms with Crippen LogP contribution in [-0.2, 0) is 21.1 Å². The van der Waals surface area contributed by atoms with E-state index in [0.29, 0.717) is 16.9 Å². The molecule has 6 heteroatoms. The number of aryl methyl sites for hydroxylation is 2. The highest BCUT2D eigenvalue weighted by Gasteiger charge is 2.25. The minimum Gasteiger partial charge on any atom is -0.496 e. The first-order valence-corrected chi connectivity index (χ1v) is 8.76. The molecule has 0 aromatic heterocycles. The average molecular weight is 336 g/mol. The zero-order chi connectivity index (χ0) is 16.3. The van der Waals surface area contributed by atoms with Crippen molar-refractivity contribution >= 4 is 25.3 Å². The van der Waals surface area contributed by atoms with Gasteiger partial charge in [0, 0.05) is 5.56 Å². The maximum Gasteiger partial charge on any atom is 0.219 e. The molecule has 0 aliphatic heterocycles. The molecule has 0 fully saturated rings. The van der Waals surface area contributed by atoms with Crippen LogP contribution >= 0.6 is 0 Å². The first-order valence-electron chi connectivity index (χ1n) is 6.54. The van der Waals surface area contributed by atoms with Crippen molar-refractivity contribution in [2.75, 3.05) is 7.11 Å². The zero-order valence-electron chi connectivity index (χ0n) is 12.5. The molecule has 0 saturated carbocycles. The largest absolute Gasteiger partial charge is 0.496 e. The van der Waals surface area contributed by atoms with E-state index in [-0.39, 0.29) is 20.3 Å². The highest BCUT2D eigenvalue weighted by Crippen LogP contribution is 2.25. The SMILES string of the molecule is COc1cc(C)c(C(=S=O)S(=O)(=O)c2ccccc2)cc1C. The van der Waals surface area contributed by atoms with Crippen LogP contribution in [0, 0.1) is 13.8 Å². The summed E-state index contributed by atoms with van der Waals surface area (Å²) >= 11 is -0.000991. The molecule has 0 radical (unpaired) electrons. The third-order valence-corrected chi connectivity index (χ3v) is 6.17. The fourth-order valence-electron chi connectivity index (χ4n) is 2.17. The van der Waals surface area contributed by atoms with Crippen LogP contribution in [0.3, 0.4) is 0 Å². The molecule has 0 unspecified atom stereocenters. The maximum absolute atomic E-state index is 12.7. The minimum atomic E-state index is -3.84. The van der Waals surface area contributed by atoms with Gasteiger partial charge in [0.2, 0.25) is 9.84 Å². The topological polar surface area (TPSA) is 60.4 Å². The third kappa shape index (κ3) is 2.98. The zero-order valence-corrected chi connectivity index (χ0v) is 14.1. The van der Waals surface area contributed by atoms with Gasteiger partial charge in [0.1, 0.15) is 17.0 Å². The van der Waals surface area contributed by atoms with Crippen LogP contribution in [0.1, 0.15) is 16.7 Å². The summed E-state index contributed by atoms with van der Waals surface area (Å²) in [5, 5.41) is 0. The number of hydrogen-bond donors (Lipinski definition) is 0. The summed E-state index contributed by atoms with van der Waals surface area (Å²) in [5.74, 6) is 0.661. The molecule has 2 rings (SSSR count). The van der Waals surface area contributed by atoms with Crippen molar-refractivity contribution in [3.63, 3.8) is 0 Å². The van der Waals surface area contributed by atoms with Crippen LogP contribution in [0.4, 0.5) is 0 Å². The van der Waals surface area contributed by atoms with Crippen LogP contribution < -0.4 is 4.74 Å². The first kappa shape index (κ1) is 16.5. The van der Waals surface area contributed by atoms with Gasteiger partial charge >= 0.3 is 0 Å². The lowest BCUT2D eigenvalue weighted by atomic mass is 10.1. The number of hydrogen-bond acceptors (Lipinski definition) is 4. The van der Waals surface area contributed by atoms with Crippen molar-refractivity contribution in [3.05, 3.63) is 59.2 Å². The normalized spacial score (nSPS) is 11.0. The van der Waals surface area contributed by atoms with Gasteiger partial charge in [0.05, 0.1) is 12.0 Å². The second-order valence-electron chi connectivity index (χ2n) is 4.82. The van der Waals surface area contributed by atoms with Gasteiger partial charge in [-0.05, 0) is 49.2 Å². The Morgan fingerprint density at radius 1 is 1.05 bits per heavy atom. The highest BCUT2D eigenvalue weighted by molar-refractivity contribution is 8.15. The third-order valence-electron chi connectivity index (χ3n) is 3.34. The summed E-state index contributed by atoms with van der Waals surface area (Å²) < 4.78 is 42.0. The Kier molecular flexibility index (Phi) is 4.83. The molecule has 0 amide bonds. The number of ether oxygens (including phenoxy) is 1. The standard InChI is InChI=1S/C16H16O4S2/c1-11-10-15(20-3)12(2)9-14(11)16(21-17)22(18,19)13-7-5-4-6-8-13/h4-10H,1-3H3. The van der Waals surface area contributed by atoms with E-state index in [1.807, 2.05) is 6.92 Å². The molecule has 0 heterocycles. The fourth-order valence-corrected chi connectivity index (χ4v) is 4.37. The lowest BCUT2D eigenvalue weighted by Gasteiger charge is -2.12. The molecule has 0 bridgehead atoms. The molecule has 2 aromatic carbocycles. The molecule has 0 aliphatic carbocycles. The van der Waals surface area contributed by atoms with Crippen molar-refractivity contribution in [2.24, 2.45) is 0 Å². The van der Waals surface area contributed by atoms with Crippen molar-refractivity contribution in [1.82, 2.24) is 0 Å². The average Bonchev–Trinajstić information content (AvgIpc) is 2.51. The Morgan fingerprint density at radius 2 is 1.68 bits per heavy atom. The molecule has 0 N–H and O–H groups in total. The van der Waals surface area contributed by atoms with E-state index in [2.05, 4.69) is 0 Å². The van der Waals surface area contributed by atoms with Crippen LogP contribution in [0.15, 0.2) is 47.4 Å². The number of methoxy groups -OCH3 is 1. The summed E-state index contributed by atoms with van der Waals surface area (Å²) in [6, 6.07) is 11.4. The Morgan fingerprint density at radius 3 is 2.23 bits per heavy atom. The Balaban J connectivity index is 2.65. The van der Waals surface area contributed by atoms with Gasteiger partial charge in [0.25, 0.3) is 0 Å². The van der Waals surface area contributed by atoms with Gasteiger partial charge in [-0.1, -0.05) is 18.2 Å². The lowest BCUT2D eigenvalue weighted by Crippen LogP contribution is -2.18. The summed E-state index contributed by atoms with van der Waals surface area (Å²) in [4.78, 5) is 0.112. The smallest absolute Gasteiger partial charge is 0.219 e. The summed E-state index contributed by atoms with van der Waals surface area (Å²) in [7, 11) is -2.29. The van der Waals surface area contributed by atoms with Crippen molar-refractivity contribution in [3.8, 4) is 5.75 Å². The molecule has 116 valence electrons. The van der Waals surface area contributed by atoms with E-state index in [1.54, 1.807) is 44.4 Å². The quantitative estimate of drug-likeness (QED) is 0.808. The fraction of sp³-hybridized carbons (Fsp3) is 0.188. The van der Waals surface area contributed by atoms with Crippen LogP contribution in [0.2, 0.25) is 0 Å². The Hall–Kier alpha value is -1.92. The lowest BCUT2D eigenvalue weighted by molar-refractivity contribution is 0.411. The van der Waals surface area contributed by atoms with Crippen molar-refractivity contribution < 1.29 is 17.4 Å². The minimum absolute atomic E-state index is 0.000991. The van der Waals surface area contributed by atoms with E-state index in [9.17, 15) is 12.6 Å². The number of benzene rings is 2. The maximum atomic E-state index is 12.7. The van der Waals surface area contributed by atoms with Crippen LogP contribution in [-0.4, -0.2) is 23.9 Å². The van der Waals surface area contributed by atoms with Gasteiger partial charge in [-0.15, -0.1) is 0 Å². The van der Waals surface area contributed by atoms with E-state index in [1.165, 1.54) is 12.1 Å². The molecule has 2 aromatic rings. The number of rotatable bonds is 3. The van der Waals surface area contributed by atoms with E-state index < -0.39 is 9.84 Å². The summed E-state index contributed by atoms with van der Waals surface area (Å²) in [6.45, 7) is 3.57. The Bertz CT molecular complexity index is 849. The van der Waals surface area contributed by atoms with Gasteiger partial charge in [-0.25, -0.2) is 12.6 Å². The molecule has 0 saturated heterocycles. The molecule has 4 nitrogen and oxygen atoms in total. The van der Waals surface area contributed by atoms with Gasteiger partial charge in [-0.2, -0.15) is 0 Å². The van der Waals surface area contributed by atoms with Gasteiger partial charge in [-0.3, -0.25) is 0 Å². The van der Waals surface area contributed by atoms with Crippen LogP contribution in [0.5, 0.6) is 5.75 Å². The monoisotopic (exact) mass is 336 g/mol. The highest BCUT2D eigenvalue weighted by atomic mass is 32.2. The molecule has 0 aliphatic rings. The molecular weight excluding hydrogens is 320 g/mol. The Labute approximate surface area is 133 Å². The van der Waals surface area contributed by atoms with Gasteiger partial charge < -0.3 is 4.74 Å². The molecule has 22 heavy (non-hydrogen) atoms. The molecule has 0 atom stereocenters. The second-order valence-corrected chi connectivity index (χ2v) is 7.54. The van der Waals surface area contributed by atoms with E-state index >= 15 is 0 Å². The first-order chi connectivity index (χ1) is 10.4. The predicted molar refractivity (Wildman–Crippen MR) is 88.3 cm³/mol. The number of sulfone groups is 1. The second kappa shape index (κ2) is 6.46.